The fourth-order valence-corrected chi connectivity index (χ4v) is 1.11. The Hall–Kier alpha value is -1.91. The van der Waals surface area contributed by atoms with Crippen LogP contribution in [0.4, 0.5) is 0 Å². The number of carbonyl (C=O) groups is 2. The van der Waals surface area contributed by atoms with Crippen LogP contribution in [0.2, 0.25) is 0 Å². The molecule has 1 aromatic heterocycles. The minimum Gasteiger partial charge on any atom is -0.480 e. The number of nitrogens with zero attached hydrogens (tertiary/aromatic N) is 1. The van der Waals surface area contributed by atoms with E-state index in [-0.39, 0.29) is 0 Å². The van der Waals surface area contributed by atoms with E-state index in [1.165, 1.54) is 20.0 Å². The van der Waals surface area contributed by atoms with Gasteiger partial charge in [-0.15, -0.1) is 0 Å². The first kappa shape index (κ1) is 12.2. The normalized spacial score (nSPS) is 10.9. The Morgan fingerprint density at radius 3 is 2.56 bits per heavy atom. The average Bonchev–Trinajstić information content (AvgIpc) is 2.17. The lowest BCUT2D eigenvalue weighted by molar-refractivity contribution is -0.143. The van der Waals surface area contributed by atoms with E-state index >= 15 is 0 Å². The van der Waals surface area contributed by atoms with E-state index in [0.717, 1.165) is 5.56 Å². The molecule has 0 bridgehead atoms. The maximum Gasteiger partial charge on any atom is 0.328 e. The van der Waals surface area contributed by atoms with Gasteiger partial charge >= 0.3 is 5.97 Å². The molecule has 86 valence electrons. The fourth-order valence-electron chi connectivity index (χ4n) is 1.11. The first-order chi connectivity index (χ1) is 7.34. The number of pyridine rings is 1. The maximum atomic E-state index is 11.8. The van der Waals surface area contributed by atoms with Crippen LogP contribution < -0.4 is 5.32 Å². The van der Waals surface area contributed by atoms with Gasteiger partial charge in [0.05, 0.1) is 5.56 Å². The van der Waals surface area contributed by atoms with Crippen molar-refractivity contribution in [2.24, 2.45) is 0 Å². The van der Waals surface area contributed by atoms with Crippen LogP contribution in [0.25, 0.3) is 0 Å². The summed E-state index contributed by atoms with van der Waals surface area (Å²) in [5.74, 6) is -1.51. The van der Waals surface area contributed by atoms with E-state index in [1.54, 1.807) is 19.2 Å². The van der Waals surface area contributed by atoms with Crippen molar-refractivity contribution < 1.29 is 14.7 Å². The Morgan fingerprint density at radius 2 is 2.06 bits per heavy atom. The van der Waals surface area contributed by atoms with Crippen LogP contribution in [0.3, 0.4) is 0 Å². The van der Waals surface area contributed by atoms with E-state index in [2.05, 4.69) is 10.3 Å². The first-order valence-electron chi connectivity index (χ1n) is 4.81. The molecule has 0 saturated carbocycles. The molecular weight excluding hydrogens is 208 g/mol. The third kappa shape index (κ3) is 2.56. The molecule has 1 heterocycles. The Morgan fingerprint density at radius 1 is 1.44 bits per heavy atom. The number of nitrogens with one attached hydrogen (secondary N) is 1. The molecule has 2 N–H and O–H groups in total. The molecular formula is C11H14N2O3. The lowest BCUT2D eigenvalue weighted by atomic mass is 10.0. The number of amides is 1. The second-order valence-corrected chi connectivity index (χ2v) is 4.07. The summed E-state index contributed by atoms with van der Waals surface area (Å²) in [6.07, 6.45) is 3.00. The Bertz CT molecular complexity index is 427. The molecule has 0 unspecified atom stereocenters. The van der Waals surface area contributed by atoms with E-state index in [4.69, 9.17) is 5.11 Å². The number of aromatic nitrogens is 1. The molecule has 0 saturated heterocycles. The van der Waals surface area contributed by atoms with Crippen LogP contribution in [-0.2, 0) is 4.79 Å². The standard InChI is InChI=1S/C11H14N2O3/c1-7-4-5-12-6-8(7)9(14)13-11(2,3)10(15)16/h4-6H,1-3H3,(H,13,14)(H,15,16). The van der Waals surface area contributed by atoms with Gasteiger partial charge in [0.1, 0.15) is 5.54 Å². The molecule has 0 radical (unpaired) electrons. The summed E-state index contributed by atoms with van der Waals surface area (Å²) < 4.78 is 0. The zero-order valence-corrected chi connectivity index (χ0v) is 9.44. The van der Waals surface area contributed by atoms with Gasteiger partial charge in [0.2, 0.25) is 0 Å². The zero-order chi connectivity index (χ0) is 12.3. The fraction of sp³-hybridized carbons (Fsp3) is 0.364. The number of carboxylic acid groups (broad SMARTS) is 1. The topological polar surface area (TPSA) is 79.3 Å². The van der Waals surface area contributed by atoms with Gasteiger partial charge in [-0.05, 0) is 32.4 Å². The molecule has 1 rings (SSSR count). The SMILES string of the molecule is Cc1ccncc1C(=O)NC(C)(C)C(=O)O. The van der Waals surface area contributed by atoms with Crippen molar-refractivity contribution in [2.75, 3.05) is 0 Å². The highest BCUT2D eigenvalue weighted by Crippen LogP contribution is 2.08. The molecule has 1 aromatic rings. The monoisotopic (exact) mass is 222 g/mol. The Labute approximate surface area is 93.5 Å². The lowest BCUT2D eigenvalue weighted by Crippen LogP contribution is -2.49. The van der Waals surface area contributed by atoms with Crippen LogP contribution in [-0.4, -0.2) is 27.5 Å². The van der Waals surface area contributed by atoms with Crippen molar-refractivity contribution in [3.05, 3.63) is 29.6 Å². The second kappa shape index (κ2) is 4.30. The van der Waals surface area contributed by atoms with Crippen LogP contribution in [0.15, 0.2) is 18.5 Å². The lowest BCUT2D eigenvalue weighted by Gasteiger charge is -2.21. The highest BCUT2D eigenvalue weighted by Gasteiger charge is 2.29. The average molecular weight is 222 g/mol. The van der Waals surface area contributed by atoms with Crippen LogP contribution in [0.5, 0.6) is 0 Å². The molecule has 1 amide bonds. The molecule has 0 aliphatic carbocycles. The van der Waals surface area contributed by atoms with Crippen LogP contribution >= 0.6 is 0 Å². The number of rotatable bonds is 3. The summed E-state index contributed by atoms with van der Waals surface area (Å²) in [6, 6.07) is 1.70. The van der Waals surface area contributed by atoms with E-state index in [0.29, 0.717) is 5.56 Å². The van der Waals surface area contributed by atoms with Gasteiger partial charge < -0.3 is 10.4 Å². The Balaban J connectivity index is 2.89. The number of aliphatic carboxylic acids is 1. The first-order valence-corrected chi connectivity index (χ1v) is 4.81. The molecule has 16 heavy (non-hydrogen) atoms. The number of carbonyl (C=O) groups excluding carboxylic acids is 1. The van der Waals surface area contributed by atoms with Crippen molar-refractivity contribution in [1.29, 1.82) is 0 Å². The number of carboxylic acids is 1. The highest BCUT2D eigenvalue weighted by atomic mass is 16.4. The number of hydrogen-bond acceptors (Lipinski definition) is 3. The Kier molecular flexibility index (Phi) is 3.27. The van der Waals surface area contributed by atoms with E-state index < -0.39 is 17.4 Å². The van der Waals surface area contributed by atoms with Crippen molar-refractivity contribution in [3.8, 4) is 0 Å². The van der Waals surface area contributed by atoms with E-state index in [1.807, 2.05) is 0 Å². The smallest absolute Gasteiger partial charge is 0.328 e. The van der Waals surface area contributed by atoms with Crippen LogP contribution in [0.1, 0.15) is 29.8 Å². The van der Waals surface area contributed by atoms with Gasteiger partial charge in [-0.2, -0.15) is 0 Å². The minimum atomic E-state index is -1.29. The molecule has 0 spiro atoms. The molecule has 0 fully saturated rings. The summed E-state index contributed by atoms with van der Waals surface area (Å²) in [5, 5.41) is 11.3. The van der Waals surface area contributed by atoms with Gasteiger partial charge in [0, 0.05) is 12.4 Å². The predicted molar refractivity (Wildman–Crippen MR) is 58.2 cm³/mol. The minimum absolute atomic E-state index is 0.386. The second-order valence-electron chi connectivity index (χ2n) is 4.07. The largest absolute Gasteiger partial charge is 0.480 e. The van der Waals surface area contributed by atoms with Crippen molar-refractivity contribution in [1.82, 2.24) is 10.3 Å². The predicted octanol–water partition coefficient (Wildman–Crippen LogP) is 0.983. The van der Waals surface area contributed by atoms with Crippen molar-refractivity contribution in [2.45, 2.75) is 26.3 Å². The van der Waals surface area contributed by atoms with E-state index in [9.17, 15) is 9.59 Å². The van der Waals surface area contributed by atoms with Crippen molar-refractivity contribution in [3.63, 3.8) is 0 Å². The van der Waals surface area contributed by atoms with Crippen LogP contribution in [0, 0.1) is 6.92 Å². The molecule has 0 atom stereocenters. The zero-order valence-electron chi connectivity index (χ0n) is 9.44. The highest BCUT2D eigenvalue weighted by molar-refractivity contribution is 5.98. The van der Waals surface area contributed by atoms with Gasteiger partial charge in [-0.1, -0.05) is 0 Å². The maximum absolute atomic E-state index is 11.8. The third-order valence-electron chi connectivity index (χ3n) is 2.24. The summed E-state index contributed by atoms with van der Waals surface area (Å²) in [6.45, 7) is 4.63. The number of hydrogen-bond donors (Lipinski definition) is 2. The molecule has 5 heteroatoms. The quantitative estimate of drug-likeness (QED) is 0.799. The number of aryl methyl sites for hydroxylation is 1. The summed E-state index contributed by atoms with van der Waals surface area (Å²) in [5.41, 5.74) is -0.148. The third-order valence-corrected chi connectivity index (χ3v) is 2.24. The summed E-state index contributed by atoms with van der Waals surface area (Å²) in [4.78, 5) is 26.4. The molecule has 0 aliphatic rings. The summed E-state index contributed by atoms with van der Waals surface area (Å²) in [7, 11) is 0. The van der Waals surface area contributed by atoms with Gasteiger partial charge in [0.25, 0.3) is 5.91 Å². The van der Waals surface area contributed by atoms with Gasteiger partial charge in [-0.25, -0.2) is 4.79 Å². The molecule has 0 aromatic carbocycles. The molecule has 0 aliphatic heterocycles. The molecule has 5 nitrogen and oxygen atoms in total. The van der Waals surface area contributed by atoms with Gasteiger partial charge in [0.15, 0.2) is 0 Å². The van der Waals surface area contributed by atoms with Crippen molar-refractivity contribution >= 4 is 11.9 Å². The van der Waals surface area contributed by atoms with Gasteiger partial charge in [-0.3, -0.25) is 9.78 Å². The summed E-state index contributed by atoms with van der Waals surface area (Å²) >= 11 is 0.